The van der Waals surface area contributed by atoms with Crippen molar-refractivity contribution in [3.05, 3.63) is 34.9 Å². The minimum atomic E-state index is 0.0467. The van der Waals surface area contributed by atoms with Gasteiger partial charge in [0, 0.05) is 18.7 Å². The molecule has 0 aliphatic rings. The number of ketones is 1. The summed E-state index contributed by atoms with van der Waals surface area (Å²) in [4.78, 5) is 14.3. The Hall–Kier alpha value is -0.900. The van der Waals surface area contributed by atoms with Crippen LogP contribution in [-0.2, 0) is 4.74 Å². The molecule has 0 radical (unpaired) electrons. The second-order valence-corrected chi connectivity index (χ2v) is 4.68. The highest BCUT2D eigenvalue weighted by atomic mass is 35.5. The maximum Gasteiger partial charge on any atom is 0.178 e. The maximum atomic E-state index is 12.2. The quantitative estimate of drug-likeness (QED) is 0.713. The lowest BCUT2D eigenvalue weighted by Crippen LogP contribution is -2.39. The summed E-state index contributed by atoms with van der Waals surface area (Å²) in [5.41, 5.74) is 0.585. The van der Waals surface area contributed by atoms with Gasteiger partial charge in [-0.25, -0.2) is 0 Å². The fourth-order valence-corrected chi connectivity index (χ4v) is 2.12. The van der Waals surface area contributed by atoms with E-state index in [1.54, 1.807) is 19.2 Å². The molecule has 18 heavy (non-hydrogen) atoms. The summed E-state index contributed by atoms with van der Waals surface area (Å²) in [5.74, 6) is 0.0467. The molecule has 0 saturated heterocycles. The van der Waals surface area contributed by atoms with Crippen molar-refractivity contribution in [1.82, 2.24) is 4.90 Å². The third-order valence-corrected chi connectivity index (χ3v) is 3.29. The first-order valence-corrected chi connectivity index (χ1v) is 6.48. The molecule has 0 fully saturated rings. The largest absolute Gasteiger partial charge is 0.383 e. The Kier molecular flexibility index (Phi) is 6.33. The lowest BCUT2D eigenvalue weighted by atomic mass is 10.1. The van der Waals surface area contributed by atoms with Crippen LogP contribution in [0.25, 0.3) is 0 Å². The van der Waals surface area contributed by atoms with Gasteiger partial charge in [-0.2, -0.15) is 0 Å². The first-order valence-electron chi connectivity index (χ1n) is 6.10. The van der Waals surface area contributed by atoms with Crippen LogP contribution in [0.15, 0.2) is 24.3 Å². The van der Waals surface area contributed by atoms with Crippen molar-refractivity contribution in [2.45, 2.75) is 19.9 Å². The molecular formula is C14H20ClNO2. The molecule has 0 N–H and O–H groups in total. The van der Waals surface area contributed by atoms with Crippen molar-refractivity contribution < 1.29 is 9.53 Å². The molecule has 0 amide bonds. The molecule has 1 atom stereocenters. The van der Waals surface area contributed by atoms with E-state index in [4.69, 9.17) is 16.3 Å². The van der Waals surface area contributed by atoms with Gasteiger partial charge in [0.25, 0.3) is 0 Å². The fraction of sp³-hybridized carbons (Fsp3) is 0.500. The van der Waals surface area contributed by atoms with Gasteiger partial charge in [0.1, 0.15) is 0 Å². The molecule has 0 bridgehead atoms. The molecular weight excluding hydrogens is 250 g/mol. The third-order valence-electron chi connectivity index (χ3n) is 2.96. The molecule has 1 unspecified atom stereocenters. The van der Waals surface area contributed by atoms with Gasteiger partial charge in [0.05, 0.1) is 18.2 Å². The zero-order valence-electron chi connectivity index (χ0n) is 11.1. The van der Waals surface area contributed by atoms with E-state index in [0.29, 0.717) is 23.7 Å². The Bertz CT molecular complexity index is 395. The lowest BCUT2D eigenvalue weighted by molar-refractivity contribution is 0.0788. The SMILES string of the molecule is CCN(CC(=O)c1ccccc1Cl)C(C)COC. The number of carbonyl (C=O) groups is 1. The number of carbonyl (C=O) groups excluding carboxylic acids is 1. The predicted molar refractivity (Wildman–Crippen MR) is 74.4 cm³/mol. The number of benzene rings is 1. The van der Waals surface area contributed by atoms with Crippen LogP contribution in [0.5, 0.6) is 0 Å². The van der Waals surface area contributed by atoms with Gasteiger partial charge in [-0.1, -0.05) is 30.7 Å². The van der Waals surface area contributed by atoms with E-state index in [0.717, 1.165) is 6.54 Å². The average molecular weight is 270 g/mol. The summed E-state index contributed by atoms with van der Waals surface area (Å²) in [6, 6.07) is 7.37. The van der Waals surface area contributed by atoms with Gasteiger partial charge in [0.15, 0.2) is 5.78 Å². The number of methoxy groups -OCH3 is 1. The van der Waals surface area contributed by atoms with Crippen molar-refractivity contribution in [3.63, 3.8) is 0 Å². The summed E-state index contributed by atoms with van der Waals surface area (Å²) in [7, 11) is 1.67. The number of halogens is 1. The number of likely N-dealkylation sites (N-methyl/N-ethyl adjacent to an activating group) is 1. The Balaban J connectivity index is 2.71. The summed E-state index contributed by atoms with van der Waals surface area (Å²) < 4.78 is 5.12. The average Bonchev–Trinajstić information content (AvgIpc) is 2.36. The molecule has 1 aromatic rings. The van der Waals surface area contributed by atoms with E-state index in [1.165, 1.54) is 0 Å². The van der Waals surface area contributed by atoms with Crippen LogP contribution >= 0.6 is 11.6 Å². The van der Waals surface area contributed by atoms with Crippen LogP contribution in [0.4, 0.5) is 0 Å². The van der Waals surface area contributed by atoms with E-state index in [-0.39, 0.29) is 11.8 Å². The number of ether oxygens (including phenoxy) is 1. The lowest BCUT2D eigenvalue weighted by Gasteiger charge is -2.26. The molecule has 0 aliphatic carbocycles. The topological polar surface area (TPSA) is 29.5 Å². The molecule has 0 aliphatic heterocycles. The van der Waals surface area contributed by atoms with Gasteiger partial charge >= 0.3 is 0 Å². The van der Waals surface area contributed by atoms with Crippen LogP contribution in [0, 0.1) is 0 Å². The minimum absolute atomic E-state index is 0.0467. The Morgan fingerprint density at radius 3 is 2.67 bits per heavy atom. The number of hydrogen-bond donors (Lipinski definition) is 0. The van der Waals surface area contributed by atoms with Crippen molar-refractivity contribution in [1.29, 1.82) is 0 Å². The van der Waals surface area contributed by atoms with Gasteiger partial charge in [-0.05, 0) is 25.6 Å². The van der Waals surface area contributed by atoms with Crippen LogP contribution in [0.2, 0.25) is 5.02 Å². The molecule has 3 nitrogen and oxygen atoms in total. The number of rotatable bonds is 7. The Morgan fingerprint density at radius 1 is 1.44 bits per heavy atom. The molecule has 100 valence electrons. The summed E-state index contributed by atoms with van der Waals surface area (Å²) in [6.45, 7) is 5.87. The second kappa shape index (κ2) is 7.52. The van der Waals surface area contributed by atoms with E-state index in [2.05, 4.69) is 4.90 Å². The van der Waals surface area contributed by atoms with Crippen molar-refractivity contribution >= 4 is 17.4 Å². The van der Waals surface area contributed by atoms with Crippen LogP contribution in [0.1, 0.15) is 24.2 Å². The molecule has 1 rings (SSSR count). The highest BCUT2D eigenvalue weighted by molar-refractivity contribution is 6.34. The van der Waals surface area contributed by atoms with Crippen molar-refractivity contribution in [2.75, 3.05) is 26.8 Å². The van der Waals surface area contributed by atoms with E-state index < -0.39 is 0 Å². The van der Waals surface area contributed by atoms with Crippen molar-refractivity contribution in [2.24, 2.45) is 0 Å². The zero-order valence-corrected chi connectivity index (χ0v) is 11.9. The summed E-state index contributed by atoms with van der Waals surface area (Å²) >= 11 is 6.02. The zero-order chi connectivity index (χ0) is 13.5. The Labute approximate surface area is 114 Å². The smallest absolute Gasteiger partial charge is 0.178 e. The molecule has 0 aromatic heterocycles. The maximum absolute atomic E-state index is 12.2. The van der Waals surface area contributed by atoms with E-state index in [1.807, 2.05) is 26.0 Å². The van der Waals surface area contributed by atoms with Crippen LogP contribution in [-0.4, -0.2) is 43.5 Å². The first-order chi connectivity index (χ1) is 8.60. The summed E-state index contributed by atoms with van der Waals surface area (Å²) in [6.07, 6.45) is 0. The first kappa shape index (κ1) is 15.2. The summed E-state index contributed by atoms with van der Waals surface area (Å²) in [5, 5.41) is 0.512. The normalized spacial score (nSPS) is 12.7. The second-order valence-electron chi connectivity index (χ2n) is 4.27. The number of nitrogens with zero attached hydrogens (tertiary/aromatic N) is 1. The van der Waals surface area contributed by atoms with Crippen LogP contribution < -0.4 is 0 Å². The highest BCUT2D eigenvalue weighted by Gasteiger charge is 2.17. The van der Waals surface area contributed by atoms with Crippen LogP contribution in [0.3, 0.4) is 0 Å². The van der Waals surface area contributed by atoms with Gasteiger partial charge < -0.3 is 4.74 Å². The van der Waals surface area contributed by atoms with Gasteiger partial charge in [-0.15, -0.1) is 0 Å². The standard InChI is InChI=1S/C14H20ClNO2/c1-4-16(11(2)10-18-3)9-14(17)12-7-5-6-8-13(12)15/h5-8,11H,4,9-10H2,1-3H3. The predicted octanol–water partition coefficient (Wildman–Crippen LogP) is 2.88. The third kappa shape index (κ3) is 4.09. The van der Waals surface area contributed by atoms with Gasteiger partial charge in [-0.3, -0.25) is 9.69 Å². The fourth-order valence-electron chi connectivity index (χ4n) is 1.88. The molecule has 0 spiro atoms. The molecule has 0 heterocycles. The van der Waals surface area contributed by atoms with E-state index >= 15 is 0 Å². The minimum Gasteiger partial charge on any atom is -0.383 e. The molecule has 4 heteroatoms. The number of hydrogen-bond acceptors (Lipinski definition) is 3. The number of Topliss-reactive ketones (excluding diaryl/α,β-unsaturated/α-hetero) is 1. The van der Waals surface area contributed by atoms with Gasteiger partial charge in [0.2, 0.25) is 0 Å². The van der Waals surface area contributed by atoms with Crippen molar-refractivity contribution in [3.8, 4) is 0 Å². The highest BCUT2D eigenvalue weighted by Crippen LogP contribution is 2.16. The van der Waals surface area contributed by atoms with E-state index in [9.17, 15) is 4.79 Å². The molecule has 0 saturated carbocycles. The Morgan fingerprint density at radius 2 is 2.11 bits per heavy atom. The monoisotopic (exact) mass is 269 g/mol. The molecule has 1 aromatic carbocycles.